The monoisotopic (exact) mass is 228 g/mol. The van der Waals surface area contributed by atoms with E-state index in [1.165, 1.54) is 0 Å². The minimum Gasteiger partial charge on any atom is -0.383 e. The summed E-state index contributed by atoms with van der Waals surface area (Å²) in [5.74, 6) is -0.0507. The molecule has 0 aliphatic carbocycles. The van der Waals surface area contributed by atoms with E-state index >= 15 is 0 Å². The summed E-state index contributed by atoms with van der Waals surface area (Å²) < 4.78 is 5.04. The highest BCUT2D eigenvalue weighted by atomic mass is 16.5. The van der Waals surface area contributed by atoms with Gasteiger partial charge in [-0.3, -0.25) is 9.59 Å². The smallest absolute Gasteiger partial charge is 0.245 e. The summed E-state index contributed by atoms with van der Waals surface area (Å²) in [6, 6.07) is -0.367. The number of carbonyl (C=O) groups is 2. The van der Waals surface area contributed by atoms with Crippen molar-refractivity contribution in [2.45, 2.75) is 38.8 Å². The lowest BCUT2D eigenvalue weighted by Crippen LogP contribution is -2.48. The molecule has 0 aromatic heterocycles. The summed E-state index contributed by atoms with van der Waals surface area (Å²) in [4.78, 5) is 25.2. The van der Waals surface area contributed by atoms with Crippen LogP contribution < -0.4 is 5.32 Å². The lowest BCUT2D eigenvalue weighted by Gasteiger charge is -2.29. The Morgan fingerprint density at radius 2 is 2.25 bits per heavy atom. The number of ether oxygens (including phenoxy) is 1. The maximum absolute atomic E-state index is 12.1. The Hall–Kier alpha value is -1.10. The Labute approximate surface area is 96.1 Å². The van der Waals surface area contributed by atoms with Crippen LogP contribution in [-0.4, -0.2) is 49.1 Å². The molecule has 16 heavy (non-hydrogen) atoms. The quantitative estimate of drug-likeness (QED) is 0.745. The van der Waals surface area contributed by atoms with E-state index in [0.29, 0.717) is 26.0 Å². The maximum atomic E-state index is 12.1. The molecule has 0 saturated carbocycles. The first-order chi connectivity index (χ1) is 7.60. The molecule has 1 fully saturated rings. The number of hydrogen-bond donors (Lipinski definition) is 1. The van der Waals surface area contributed by atoms with Crippen molar-refractivity contribution in [1.29, 1.82) is 0 Å². The Morgan fingerprint density at radius 1 is 1.56 bits per heavy atom. The molecule has 1 rings (SSSR count). The third kappa shape index (κ3) is 2.95. The molecule has 2 atom stereocenters. The third-order valence-electron chi connectivity index (χ3n) is 2.84. The fourth-order valence-corrected chi connectivity index (χ4v) is 1.91. The Kier molecular flexibility index (Phi) is 4.73. The number of carbonyl (C=O) groups excluding carboxylic acids is 2. The Bertz CT molecular complexity index is 268. The number of methoxy groups -OCH3 is 1. The minimum atomic E-state index is -0.380. The van der Waals surface area contributed by atoms with Crippen molar-refractivity contribution in [3.8, 4) is 0 Å². The van der Waals surface area contributed by atoms with Crippen molar-refractivity contribution in [1.82, 2.24) is 10.2 Å². The summed E-state index contributed by atoms with van der Waals surface area (Å²) in [6.07, 6.45) is 0.997. The number of hydrogen-bond acceptors (Lipinski definition) is 3. The van der Waals surface area contributed by atoms with Gasteiger partial charge in [0.2, 0.25) is 11.8 Å². The first kappa shape index (κ1) is 13.0. The van der Waals surface area contributed by atoms with E-state index in [4.69, 9.17) is 4.74 Å². The van der Waals surface area contributed by atoms with Gasteiger partial charge in [-0.15, -0.1) is 0 Å². The molecular formula is C11H20N2O3. The molecule has 0 aromatic carbocycles. The first-order valence-electron chi connectivity index (χ1n) is 5.69. The summed E-state index contributed by atoms with van der Waals surface area (Å²) in [7, 11) is 1.61. The average Bonchev–Trinajstić information content (AvgIpc) is 2.39. The van der Waals surface area contributed by atoms with E-state index < -0.39 is 0 Å². The second-order valence-electron chi connectivity index (χ2n) is 4.11. The zero-order valence-electron chi connectivity index (χ0n) is 10.2. The van der Waals surface area contributed by atoms with Crippen molar-refractivity contribution in [3.05, 3.63) is 0 Å². The summed E-state index contributed by atoms with van der Waals surface area (Å²) in [5, 5.41) is 2.73. The predicted molar refractivity (Wildman–Crippen MR) is 59.9 cm³/mol. The largest absolute Gasteiger partial charge is 0.383 e. The highest BCUT2D eigenvalue weighted by molar-refractivity contribution is 5.90. The van der Waals surface area contributed by atoms with Crippen LogP contribution in [0.3, 0.4) is 0 Å². The van der Waals surface area contributed by atoms with Gasteiger partial charge in [0.25, 0.3) is 0 Å². The zero-order valence-corrected chi connectivity index (χ0v) is 10.2. The van der Waals surface area contributed by atoms with Crippen LogP contribution in [0, 0.1) is 0 Å². The van der Waals surface area contributed by atoms with Crippen molar-refractivity contribution in [2.24, 2.45) is 0 Å². The second-order valence-corrected chi connectivity index (χ2v) is 4.11. The number of rotatable bonds is 4. The summed E-state index contributed by atoms with van der Waals surface area (Å²) >= 11 is 0. The van der Waals surface area contributed by atoms with Crippen LogP contribution in [-0.2, 0) is 14.3 Å². The van der Waals surface area contributed by atoms with Crippen LogP contribution >= 0.6 is 0 Å². The third-order valence-corrected chi connectivity index (χ3v) is 2.84. The molecule has 0 bridgehead atoms. The lowest BCUT2D eigenvalue weighted by atomic mass is 10.2. The summed E-state index contributed by atoms with van der Waals surface area (Å²) in [5.41, 5.74) is 0. The lowest BCUT2D eigenvalue weighted by molar-refractivity contribution is -0.136. The molecule has 0 radical (unpaired) electrons. The molecule has 0 aromatic rings. The van der Waals surface area contributed by atoms with Gasteiger partial charge >= 0.3 is 0 Å². The molecule has 1 saturated heterocycles. The number of nitrogens with one attached hydrogen (secondary N) is 1. The molecule has 5 heteroatoms. The highest BCUT2D eigenvalue weighted by Crippen LogP contribution is 2.10. The fraction of sp³-hybridized carbons (Fsp3) is 0.818. The average molecular weight is 228 g/mol. The van der Waals surface area contributed by atoms with Gasteiger partial charge < -0.3 is 15.0 Å². The minimum absolute atomic E-state index is 0.00194. The van der Waals surface area contributed by atoms with Gasteiger partial charge in [0, 0.05) is 20.1 Å². The number of nitrogens with zero attached hydrogens (tertiary/aromatic N) is 1. The van der Waals surface area contributed by atoms with Crippen LogP contribution in [0.25, 0.3) is 0 Å². The van der Waals surface area contributed by atoms with E-state index in [1.807, 2.05) is 13.8 Å². The maximum Gasteiger partial charge on any atom is 0.245 e. The van der Waals surface area contributed by atoms with Crippen molar-refractivity contribution in [2.75, 3.05) is 20.3 Å². The van der Waals surface area contributed by atoms with Gasteiger partial charge in [-0.2, -0.15) is 0 Å². The van der Waals surface area contributed by atoms with E-state index in [0.717, 1.165) is 0 Å². The van der Waals surface area contributed by atoms with Gasteiger partial charge in [0.1, 0.15) is 6.04 Å². The highest BCUT2D eigenvalue weighted by Gasteiger charge is 2.30. The van der Waals surface area contributed by atoms with Crippen LogP contribution in [0.1, 0.15) is 26.7 Å². The van der Waals surface area contributed by atoms with E-state index in [9.17, 15) is 9.59 Å². The Morgan fingerprint density at radius 3 is 2.81 bits per heavy atom. The van der Waals surface area contributed by atoms with Crippen LogP contribution in [0.4, 0.5) is 0 Å². The number of amides is 2. The normalized spacial score (nSPS) is 23.9. The standard InChI is InChI=1S/C11H20N2O3/c1-4-9-11(15)13(8(2)7-16-3)6-5-10(14)12-9/h8-9H,4-7H2,1-3H3,(H,12,14). The van der Waals surface area contributed by atoms with E-state index in [2.05, 4.69) is 5.32 Å². The molecule has 0 spiro atoms. The van der Waals surface area contributed by atoms with Crippen LogP contribution in [0.5, 0.6) is 0 Å². The molecule has 1 aliphatic rings. The molecule has 1 aliphatic heterocycles. The van der Waals surface area contributed by atoms with Crippen molar-refractivity contribution in [3.63, 3.8) is 0 Å². The first-order valence-corrected chi connectivity index (χ1v) is 5.69. The fourth-order valence-electron chi connectivity index (χ4n) is 1.91. The van der Waals surface area contributed by atoms with Gasteiger partial charge in [0.05, 0.1) is 12.6 Å². The molecule has 5 nitrogen and oxygen atoms in total. The van der Waals surface area contributed by atoms with Crippen molar-refractivity contribution < 1.29 is 14.3 Å². The zero-order chi connectivity index (χ0) is 12.1. The molecule has 2 unspecified atom stereocenters. The van der Waals surface area contributed by atoms with Crippen LogP contribution in [0.2, 0.25) is 0 Å². The molecule has 2 amide bonds. The van der Waals surface area contributed by atoms with E-state index in [1.54, 1.807) is 12.0 Å². The molecule has 1 heterocycles. The Balaban J connectivity index is 2.75. The van der Waals surface area contributed by atoms with Crippen molar-refractivity contribution >= 4 is 11.8 Å². The van der Waals surface area contributed by atoms with Gasteiger partial charge in [0.15, 0.2) is 0 Å². The van der Waals surface area contributed by atoms with Crippen LogP contribution in [0.15, 0.2) is 0 Å². The molecular weight excluding hydrogens is 208 g/mol. The summed E-state index contributed by atoms with van der Waals surface area (Å²) in [6.45, 7) is 4.80. The molecule has 92 valence electrons. The van der Waals surface area contributed by atoms with Gasteiger partial charge in [-0.05, 0) is 13.3 Å². The molecule has 1 N–H and O–H groups in total. The SMILES string of the molecule is CCC1NC(=O)CCN(C(C)COC)C1=O. The topological polar surface area (TPSA) is 58.6 Å². The van der Waals surface area contributed by atoms with Gasteiger partial charge in [-0.25, -0.2) is 0 Å². The second kappa shape index (κ2) is 5.84. The predicted octanol–water partition coefficient (Wildman–Crippen LogP) is 0.148. The van der Waals surface area contributed by atoms with Gasteiger partial charge in [-0.1, -0.05) is 6.92 Å². The van der Waals surface area contributed by atoms with E-state index in [-0.39, 0.29) is 23.9 Å².